The maximum atomic E-state index is 13.7. The van der Waals surface area contributed by atoms with Crippen LogP contribution < -0.4 is 10.1 Å². The average Bonchev–Trinajstić information content (AvgIpc) is 3.09. The molecule has 0 radical (unpaired) electrons. The van der Waals surface area contributed by atoms with E-state index in [4.69, 9.17) is 11.2 Å². The lowest BCUT2D eigenvalue weighted by Crippen LogP contribution is -2.36. The monoisotopic (exact) mass is 451 g/mol. The molecule has 0 fully saturated rings. The number of nitrogens with one attached hydrogen (secondary N) is 1. The third-order valence-electron chi connectivity index (χ3n) is 5.67. The molecule has 0 saturated heterocycles. The topological polar surface area (TPSA) is 58.6 Å². The molecular formula is C26H20F3NO3. The molecule has 4 nitrogen and oxygen atoms in total. The zero-order valence-electron chi connectivity index (χ0n) is 17.4. The molecular weight excluding hydrogens is 431 g/mol. The van der Waals surface area contributed by atoms with Crippen LogP contribution in [0, 0.1) is 12.3 Å². The second kappa shape index (κ2) is 8.55. The van der Waals surface area contributed by atoms with Crippen molar-refractivity contribution in [2.45, 2.75) is 24.4 Å². The molecule has 0 spiro atoms. The van der Waals surface area contributed by atoms with Crippen LogP contribution in [0.5, 0.6) is 11.5 Å². The summed E-state index contributed by atoms with van der Waals surface area (Å²) in [7, 11) is 0. The van der Waals surface area contributed by atoms with Crippen LogP contribution >= 0.6 is 0 Å². The van der Waals surface area contributed by atoms with Crippen molar-refractivity contribution in [2.24, 2.45) is 0 Å². The molecule has 33 heavy (non-hydrogen) atoms. The first-order valence-corrected chi connectivity index (χ1v) is 10.3. The van der Waals surface area contributed by atoms with Gasteiger partial charge >= 0.3 is 6.18 Å². The summed E-state index contributed by atoms with van der Waals surface area (Å²) in [5.41, 5.74) is -1.62. The number of benzene rings is 3. The molecule has 0 bridgehead atoms. The second-order valence-electron chi connectivity index (χ2n) is 7.66. The van der Waals surface area contributed by atoms with Crippen molar-refractivity contribution in [2.75, 3.05) is 11.9 Å². The maximum Gasteiger partial charge on any atom is 0.418 e. The summed E-state index contributed by atoms with van der Waals surface area (Å²) in [6, 6.07) is 16.3. The van der Waals surface area contributed by atoms with Crippen molar-refractivity contribution in [3.05, 3.63) is 89.0 Å². The number of hydrogen-bond acceptors (Lipinski definition) is 3. The van der Waals surface area contributed by atoms with Crippen LogP contribution in [-0.2, 0) is 16.4 Å². The number of hydrogen-bond donors (Lipinski definition) is 2. The molecule has 1 aliphatic rings. The summed E-state index contributed by atoms with van der Waals surface area (Å²) in [6.07, 6.45) is 1.87. The van der Waals surface area contributed by atoms with E-state index in [2.05, 4.69) is 11.2 Å². The van der Waals surface area contributed by atoms with Crippen LogP contribution in [0.1, 0.15) is 35.1 Å². The van der Waals surface area contributed by atoms with Gasteiger partial charge in [-0.3, -0.25) is 4.79 Å². The molecule has 0 saturated carbocycles. The van der Waals surface area contributed by atoms with Gasteiger partial charge in [0.15, 0.2) is 0 Å². The molecule has 0 aliphatic carbocycles. The molecule has 2 N–H and O–H groups in total. The fraction of sp³-hybridized carbons (Fsp3) is 0.192. The molecule has 1 amide bonds. The number of amides is 1. The number of terminal acetylenes is 1. The molecule has 168 valence electrons. The van der Waals surface area contributed by atoms with Crippen molar-refractivity contribution in [1.29, 1.82) is 0 Å². The van der Waals surface area contributed by atoms with Crippen LogP contribution in [0.25, 0.3) is 0 Å². The number of unbranched alkanes of at least 4 members (excludes halogenated alkanes) is 1. The van der Waals surface area contributed by atoms with Gasteiger partial charge in [0.05, 0.1) is 17.9 Å². The highest BCUT2D eigenvalue weighted by molar-refractivity contribution is 6.12. The second-order valence-corrected chi connectivity index (χ2v) is 7.66. The molecule has 1 aliphatic heterocycles. The van der Waals surface area contributed by atoms with Crippen molar-refractivity contribution < 1.29 is 27.8 Å². The predicted molar refractivity (Wildman–Crippen MR) is 118 cm³/mol. The van der Waals surface area contributed by atoms with Gasteiger partial charge in [-0.15, -0.1) is 12.3 Å². The van der Waals surface area contributed by atoms with Crippen LogP contribution in [-0.4, -0.2) is 17.6 Å². The Bertz CT molecular complexity index is 1210. The number of alkyl halides is 3. The third kappa shape index (κ3) is 3.89. The number of fused-ring (bicyclic) bond motifs is 1. The maximum absolute atomic E-state index is 13.7. The quantitative estimate of drug-likeness (QED) is 0.385. The van der Waals surface area contributed by atoms with Gasteiger partial charge in [0.2, 0.25) is 5.91 Å². The van der Waals surface area contributed by atoms with E-state index in [1.54, 1.807) is 24.3 Å². The van der Waals surface area contributed by atoms with Gasteiger partial charge in [-0.2, -0.15) is 13.2 Å². The van der Waals surface area contributed by atoms with Gasteiger partial charge < -0.3 is 15.2 Å². The number of halogens is 3. The summed E-state index contributed by atoms with van der Waals surface area (Å²) in [6.45, 7) is 0.422. The minimum Gasteiger partial charge on any atom is -0.508 e. The van der Waals surface area contributed by atoms with E-state index < -0.39 is 23.1 Å². The smallest absolute Gasteiger partial charge is 0.418 e. The number of carbonyl (C=O) groups is 1. The van der Waals surface area contributed by atoms with E-state index in [0.29, 0.717) is 36.3 Å². The van der Waals surface area contributed by atoms with Gasteiger partial charge in [0.25, 0.3) is 0 Å². The Balaban J connectivity index is 1.86. The Labute approximate surface area is 189 Å². The van der Waals surface area contributed by atoms with Gasteiger partial charge in [-0.1, -0.05) is 36.4 Å². The van der Waals surface area contributed by atoms with E-state index in [1.807, 2.05) is 0 Å². The minimum atomic E-state index is -4.64. The summed E-state index contributed by atoms with van der Waals surface area (Å²) in [4.78, 5) is 13.5. The van der Waals surface area contributed by atoms with E-state index in [9.17, 15) is 23.1 Å². The van der Waals surface area contributed by atoms with E-state index >= 15 is 0 Å². The Kier molecular flexibility index (Phi) is 5.77. The van der Waals surface area contributed by atoms with Crippen molar-refractivity contribution in [1.82, 2.24) is 0 Å². The number of phenols is 1. The van der Waals surface area contributed by atoms with E-state index in [-0.39, 0.29) is 17.0 Å². The SMILES string of the molecule is C#CCCCOc1ccc(C2(c3ccc(O)cc3)C(=O)Nc3c(C(F)(F)F)cccc32)cc1. The van der Waals surface area contributed by atoms with E-state index in [1.165, 1.54) is 36.4 Å². The van der Waals surface area contributed by atoms with Crippen molar-refractivity contribution in [3.8, 4) is 23.8 Å². The van der Waals surface area contributed by atoms with Gasteiger partial charge in [-0.05, 0) is 47.9 Å². The Morgan fingerprint density at radius 3 is 2.24 bits per heavy atom. The lowest BCUT2D eigenvalue weighted by Gasteiger charge is -2.29. The number of rotatable bonds is 6. The zero-order chi connectivity index (χ0) is 23.6. The highest BCUT2D eigenvalue weighted by Gasteiger charge is 2.52. The largest absolute Gasteiger partial charge is 0.508 e. The Morgan fingerprint density at radius 2 is 1.64 bits per heavy atom. The van der Waals surface area contributed by atoms with Crippen LogP contribution in [0.2, 0.25) is 0 Å². The first kappa shape index (κ1) is 22.3. The Hall–Kier alpha value is -3.92. The highest BCUT2D eigenvalue weighted by Crippen LogP contribution is 2.51. The molecule has 3 aromatic rings. The van der Waals surface area contributed by atoms with Crippen LogP contribution in [0.3, 0.4) is 0 Å². The molecule has 4 rings (SSSR count). The number of para-hydroxylation sites is 1. The number of phenolic OH excluding ortho intramolecular Hbond substituents is 1. The Morgan fingerprint density at radius 1 is 1.00 bits per heavy atom. The third-order valence-corrected chi connectivity index (χ3v) is 5.67. The molecule has 7 heteroatoms. The standard InChI is InChI=1S/C26H20F3NO3/c1-2-3-4-16-33-20-14-10-18(11-15-20)25(17-8-12-19(31)13-9-17)21-6-5-7-22(26(27,28)29)23(21)30-24(25)32/h1,5-15,31H,3-4,16H2,(H,30,32). The van der Waals surface area contributed by atoms with Gasteiger partial charge in [0, 0.05) is 12.0 Å². The molecule has 3 aromatic carbocycles. The first-order valence-electron chi connectivity index (χ1n) is 10.3. The lowest BCUT2D eigenvalue weighted by molar-refractivity contribution is -0.136. The molecule has 1 heterocycles. The highest BCUT2D eigenvalue weighted by atomic mass is 19.4. The van der Waals surface area contributed by atoms with Crippen molar-refractivity contribution >= 4 is 11.6 Å². The van der Waals surface area contributed by atoms with Crippen molar-refractivity contribution in [3.63, 3.8) is 0 Å². The average molecular weight is 451 g/mol. The summed E-state index contributed by atoms with van der Waals surface area (Å²) in [5, 5.41) is 12.2. The number of carbonyl (C=O) groups excluding carboxylic acids is 1. The summed E-state index contributed by atoms with van der Waals surface area (Å²) in [5.74, 6) is 2.46. The normalized spacial score (nSPS) is 17.2. The fourth-order valence-corrected chi connectivity index (χ4v) is 4.18. The number of anilines is 1. The minimum absolute atomic E-state index is 0.0210. The zero-order valence-corrected chi connectivity index (χ0v) is 17.4. The summed E-state index contributed by atoms with van der Waals surface area (Å²) >= 11 is 0. The van der Waals surface area contributed by atoms with Gasteiger partial charge in [0.1, 0.15) is 16.9 Å². The van der Waals surface area contributed by atoms with Crippen LogP contribution in [0.15, 0.2) is 66.7 Å². The predicted octanol–water partition coefficient (Wildman–Crippen LogP) is 5.49. The first-order chi connectivity index (χ1) is 15.8. The number of aromatic hydroxyl groups is 1. The van der Waals surface area contributed by atoms with E-state index in [0.717, 1.165) is 6.07 Å². The molecule has 1 unspecified atom stereocenters. The fourth-order valence-electron chi connectivity index (χ4n) is 4.18. The lowest BCUT2D eigenvalue weighted by atomic mass is 9.70. The van der Waals surface area contributed by atoms with Crippen LogP contribution in [0.4, 0.5) is 18.9 Å². The van der Waals surface area contributed by atoms with Gasteiger partial charge in [-0.25, -0.2) is 0 Å². The summed E-state index contributed by atoms with van der Waals surface area (Å²) < 4.78 is 46.7. The molecule has 1 atom stereocenters. The number of ether oxygens (including phenoxy) is 1. The molecule has 0 aromatic heterocycles.